The molecular formula is C24H34ClNO5SSi. The van der Waals surface area contributed by atoms with Crippen molar-refractivity contribution in [1.29, 1.82) is 0 Å². The maximum absolute atomic E-state index is 13.2. The van der Waals surface area contributed by atoms with Crippen molar-refractivity contribution in [3.8, 4) is 0 Å². The van der Waals surface area contributed by atoms with Crippen molar-refractivity contribution in [2.75, 3.05) is 13.2 Å². The van der Waals surface area contributed by atoms with Crippen LogP contribution in [0.2, 0.25) is 18.1 Å². The normalized spacial score (nSPS) is 19.6. The second-order valence-electron chi connectivity index (χ2n) is 9.56. The lowest BCUT2D eigenvalue weighted by atomic mass is 9.93. The van der Waals surface area contributed by atoms with E-state index in [1.54, 1.807) is 0 Å². The number of aliphatic hydroxyl groups excluding tert-OH is 1. The zero-order valence-corrected chi connectivity index (χ0v) is 22.8. The fourth-order valence-electron chi connectivity index (χ4n) is 3.09. The number of allylic oxidation sites excluding steroid dienone is 1. The number of β-lactam (4-membered cyclic amide) rings is 1. The molecule has 0 spiro atoms. The minimum absolute atomic E-state index is 0.0704. The third kappa shape index (κ3) is 6.88. The van der Waals surface area contributed by atoms with Crippen molar-refractivity contribution in [1.82, 2.24) is 4.90 Å². The van der Waals surface area contributed by atoms with Crippen LogP contribution in [-0.4, -0.2) is 48.8 Å². The molecule has 1 aromatic rings. The van der Waals surface area contributed by atoms with Gasteiger partial charge in [0.05, 0.1) is 11.3 Å². The maximum Gasteiger partial charge on any atom is 0.358 e. The van der Waals surface area contributed by atoms with Crippen molar-refractivity contribution in [3.05, 3.63) is 53.4 Å². The van der Waals surface area contributed by atoms with Crippen LogP contribution in [0, 0.1) is 5.92 Å². The van der Waals surface area contributed by atoms with Crippen LogP contribution in [0.1, 0.15) is 34.1 Å². The largest absolute Gasteiger partial charge is 0.510 e. The summed E-state index contributed by atoms with van der Waals surface area (Å²) in [6, 6.07) is 9.63. The highest BCUT2D eigenvalue weighted by Crippen LogP contribution is 2.44. The second-order valence-corrected chi connectivity index (χ2v) is 16.1. The first-order valence-electron chi connectivity index (χ1n) is 10.8. The molecule has 6 nitrogen and oxygen atoms in total. The van der Waals surface area contributed by atoms with E-state index in [1.807, 2.05) is 30.3 Å². The van der Waals surface area contributed by atoms with Gasteiger partial charge >= 0.3 is 5.97 Å². The van der Waals surface area contributed by atoms with Crippen LogP contribution >= 0.6 is 23.4 Å². The molecule has 0 bridgehead atoms. The molecule has 0 radical (unpaired) electrons. The summed E-state index contributed by atoms with van der Waals surface area (Å²) in [5.74, 6) is -1.71. The number of rotatable bonds is 10. The Labute approximate surface area is 207 Å². The van der Waals surface area contributed by atoms with Gasteiger partial charge in [-0.05, 0) is 43.6 Å². The van der Waals surface area contributed by atoms with Gasteiger partial charge in [-0.3, -0.25) is 9.69 Å². The number of nitrogens with zero attached hydrogens (tertiary/aromatic N) is 1. The number of esters is 1. The van der Waals surface area contributed by atoms with Crippen LogP contribution < -0.4 is 0 Å². The molecule has 1 aliphatic rings. The third-order valence-corrected chi connectivity index (χ3v) is 12.0. The van der Waals surface area contributed by atoms with E-state index >= 15 is 0 Å². The molecule has 182 valence electrons. The average molecular weight is 512 g/mol. The Balaban J connectivity index is 2.24. The van der Waals surface area contributed by atoms with Gasteiger partial charge in [-0.25, -0.2) is 4.79 Å². The van der Waals surface area contributed by atoms with Crippen LogP contribution in [0.15, 0.2) is 58.3 Å². The topological polar surface area (TPSA) is 76.1 Å². The summed E-state index contributed by atoms with van der Waals surface area (Å²) >= 11 is 7.17. The summed E-state index contributed by atoms with van der Waals surface area (Å²) in [6.45, 7) is 16.0. The highest BCUT2D eigenvalue weighted by atomic mass is 35.5. The molecular weight excluding hydrogens is 478 g/mol. The number of thioether (sulfide) groups is 1. The Kier molecular flexibility index (Phi) is 9.27. The Bertz CT molecular complexity index is 909. The highest BCUT2D eigenvalue weighted by molar-refractivity contribution is 8.00. The summed E-state index contributed by atoms with van der Waals surface area (Å²) in [6.07, 6.45) is 0.525. The molecule has 1 fully saturated rings. The van der Waals surface area contributed by atoms with Gasteiger partial charge in [0.25, 0.3) is 0 Å². The summed E-state index contributed by atoms with van der Waals surface area (Å²) in [5.41, 5.74) is -0.173. The molecule has 1 saturated heterocycles. The number of carbonyl (C=O) groups is 2. The maximum atomic E-state index is 13.2. The van der Waals surface area contributed by atoms with Crippen LogP contribution in [0.5, 0.6) is 0 Å². The van der Waals surface area contributed by atoms with Crippen LogP contribution in [0.3, 0.4) is 0 Å². The van der Waals surface area contributed by atoms with Crippen molar-refractivity contribution >= 4 is 43.6 Å². The van der Waals surface area contributed by atoms with Crippen molar-refractivity contribution in [2.45, 2.75) is 62.5 Å². The predicted octanol–water partition coefficient (Wildman–Crippen LogP) is 6.06. The van der Waals surface area contributed by atoms with Gasteiger partial charge in [0.1, 0.15) is 12.4 Å². The first-order valence-corrected chi connectivity index (χ1v) is 15.0. The molecule has 1 N–H and O–H groups in total. The zero-order valence-electron chi connectivity index (χ0n) is 20.2. The first-order chi connectivity index (χ1) is 15.3. The molecule has 0 saturated carbocycles. The molecule has 1 heterocycles. The number of hydrogen-bond donors (Lipinski definition) is 1. The Morgan fingerprint density at radius 1 is 1.27 bits per heavy atom. The second kappa shape index (κ2) is 11.1. The zero-order chi connectivity index (χ0) is 25.0. The van der Waals surface area contributed by atoms with Gasteiger partial charge < -0.3 is 14.3 Å². The van der Waals surface area contributed by atoms with Gasteiger partial charge in [0.15, 0.2) is 14.0 Å². The van der Waals surface area contributed by atoms with Crippen molar-refractivity contribution in [2.24, 2.45) is 5.92 Å². The van der Waals surface area contributed by atoms with E-state index in [9.17, 15) is 14.7 Å². The van der Waals surface area contributed by atoms with E-state index in [1.165, 1.54) is 23.6 Å². The summed E-state index contributed by atoms with van der Waals surface area (Å²) in [7, 11) is -1.95. The number of amides is 1. The number of aliphatic hydroxyl groups is 1. The van der Waals surface area contributed by atoms with Gasteiger partial charge in [-0.2, -0.15) is 0 Å². The quantitative estimate of drug-likeness (QED) is 0.135. The Hall–Kier alpha value is -1.74. The molecule has 9 heteroatoms. The molecule has 0 aromatic heterocycles. The smallest absolute Gasteiger partial charge is 0.358 e. The lowest BCUT2D eigenvalue weighted by Gasteiger charge is -2.47. The van der Waals surface area contributed by atoms with Gasteiger partial charge in [-0.1, -0.05) is 68.9 Å². The Morgan fingerprint density at radius 2 is 1.88 bits per heavy atom. The van der Waals surface area contributed by atoms with Gasteiger partial charge in [0.2, 0.25) is 5.91 Å². The molecule has 2 atom stereocenters. The summed E-state index contributed by atoms with van der Waals surface area (Å²) < 4.78 is 11.4. The Morgan fingerprint density at radius 3 is 2.39 bits per heavy atom. The molecule has 1 amide bonds. The van der Waals surface area contributed by atoms with E-state index in [4.69, 9.17) is 20.8 Å². The third-order valence-electron chi connectivity index (χ3n) is 5.99. The average Bonchev–Trinajstić information content (AvgIpc) is 2.72. The van der Waals surface area contributed by atoms with E-state index in [0.717, 1.165) is 4.90 Å². The molecule has 1 aromatic carbocycles. The predicted molar refractivity (Wildman–Crippen MR) is 135 cm³/mol. The van der Waals surface area contributed by atoms with Gasteiger partial charge in [-0.15, -0.1) is 0 Å². The minimum atomic E-state index is -1.95. The summed E-state index contributed by atoms with van der Waals surface area (Å²) in [4.78, 5) is 28.1. The van der Waals surface area contributed by atoms with Crippen LogP contribution in [-0.2, 0) is 18.8 Å². The van der Waals surface area contributed by atoms with E-state index < -0.39 is 14.3 Å². The van der Waals surface area contributed by atoms with Gasteiger partial charge in [0, 0.05) is 16.5 Å². The molecule has 0 unspecified atom stereocenters. The van der Waals surface area contributed by atoms with Crippen molar-refractivity contribution in [3.63, 3.8) is 0 Å². The standard InChI is InChI=1S/C24H34ClNO5SSi/c1-16(25)15-30-23(29)20(17(2)27)26-21(28)19(13-14-31-33(6,7)24(3,4)5)22(26)32-18-11-9-8-10-12-18/h8-12,19,22,27H,1,13-15H2,2-7H3/b20-17+/t19-,22+/m0/s1. The van der Waals surface area contributed by atoms with Crippen LogP contribution in [0.4, 0.5) is 0 Å². The number of ether oxygens (including phenoxy) is 1. The fraction of sp³-hybridized carbons (Fsp3) is 0.500. The number of halogens is 1. The van der Waals surface area contributed by atoms with Crippen LogP contribution in [0.25, 0.3) is 0 Å². The number of carbonyl (C=O) groups excluding carboxylic acids is 2. The lowest BCUT2D eigenvalue weighted by molar-refractivity contribution is -0.154. The fourth-order valence-corrected chi connectivity index (χ4v) is 5.53. The molecule has 33 heavy (non-hydrogen) atoms. The SMILES string of the molecule is C=C(Cl)COC(=O)/C(=C(/C)O)N1C(=O)[C@H](CCO[Si](C)(C)C(C)(C)C)[C@H]1Sc1ccccc1. The molecule has 0 aliphatic carbocycles. The minimum Gasteiger partial charge on any atom is -0.510 e. The number of hydrogen-bond acceptors (Lipinski definition) is 6. The number of likely N-dealkylation sites (tertiary alicyclic amines) is 1. The first kappa shape index (κ1) is 27.5. The highest BCUT2D eigenvalue weighted by Gasteiger charge is 2.52. The summed E-state index contributed by atoms with van der Waals surface area (Å²) in [5, 5.41) is 10.1. The van der Waals surface area contributed by atoms with E-state index in [2.05, 4.69) is 40.4 Å². The monoisotopic (exact) mass is 511 g/mol. The van der Waals surface area contributed by atoms with E-state index in [0.29, 0.717) is 13.0 Å². The van der Waals surface area contributed by atoms with E-state index in [-0.39, 0.29) is 45.3 Å². The van der Waals surface area contributed by atoms with Crippen molar-refractivity contribution < 1.29 is 23.9 Å². The number of benzene rings is 1. The molecule has 2 rings (SSSR count). The molecule has 1 aliphatic heterocycles. The lowest BCUT2D eigenvalue weighted by Crippen LogP contribution is -2.60.